The summed E-state index contributed by atoms with van der Waals surface area (Å²) in [4.78, 5) is 14.8. The summed E-state index contributed by atoms with van der Waals surface area (Å²) >= 11 is 0. The van der Waals surface area contributed by atoms with Crippen LogP contribution in [0, 0.1) is 0 Å². The van der Waals surface area contributed by atoms with E-state index < -0.39 is 27.4 Å². The summed E-state index contributed by atoms with van der Waals surface area (Å²) in [6.45, 7) is 0. The number of sulfone groups is 1. The Morgan fingerprint density at radius 1 is 1.33 bits per heavy atom. The van der Waals surface area contributed by atoms with Crippen LogP contribution in [-0.2, 0) is 16.0 Å². The third-order valence-electron chi connectivity index (χ3n) is 2.08. The summed E-state index contributed by atoms with van der Waals surface area (Å²) < 4.78 is 58.3. The Balaban J connectivity index is 2.77. The number of halogens is 3. The zero-order chi connectivity index (χ0) is 14.0. The van der Waals surface area contributed by atoms with Crippen molar-refractivity contribution in [1.29, 1.82) is 0 Å². The number of rotatable bonds is 4. The first kappa shape index (κ1) is 14.6. The van der Waals surface area contributed by atoms with Gasteiger partial charge in [-0.1, -0.05) is 0 Å². The van der Waals surface area contributed by atoms with Gasteiger partial charge < -0.3 is 0 Å². The topological polar surface area (TPSA) is 64.1 Å². The summed E-state index contributed by atoms with van der Waals surface area (Å²) in [5.74, 6) is -0.955. The predicted molar refractivity (Wildman–Crippen MR) is 57.9 cm³/mol. The lowest BCUT2D eigenvalue weighted by Crippen LogP contribution is -2.12. The fraction of sp³-hybridized carbons (Fsp3) is 0.400. The average Bonchev–Trinajstić information content (AvgIpc) is 2.24. The van der Waals surface area contributed by atoms with E-state index in [1.165, 1.54) is 0 Å². The van der Waals surface area contributed by atoms with Gasteiger partial charge in [-0.2, -0.15) is 13.2 Å². The van der Waals surface area contributed by atoms with Gasteiger partial charge in [0.2, 0.25) is 0 Å². The van der Waals surface area contributed by atoms with Gasteiger partial charge in [0.05, 0.1) is 11.3 Å². The lowest BCUT2D eigenvalue weighted by Gasteiger charge is -2.06. The summed E-state index contributed by atoms with van der Waals surface area (Å²) in [5.41, 5.74) is -1.13. The van der Waals surface area contributed by atoms with Crippen LogP contribution in [0.3, 0.4) is 0 Å². The SMILES string of the molecule is CS(=O)(=O)CCC(=O)c1ccc(C(F)(F)F)cn1. The maximum Gasteiger partial charge on any atom is 0.417 e. The molecule has 0 aliphatic rings. The van der Waals surface area contributed by atoms with Crippen LogP contribution in [-0.4, -0.2) is 31.2 Å². The van der Waals surface area contributed by atoms with Crippen molar-refractivity contribution in [3.63, 3.8) is 0 Å². The van der Waals surface area contributed by atoms with E-state index in [4.69, 9.17) is 0 Å². The van der Waals surface area contributed by atoms with Crippen LogP contribution in [0.5, 0.6) is 0 Å². The number of nitrogens with zero attached hydrogens (tertiary/aromatic N) is 1. The highest BCUT2D eigenvalue weighted by atomic mass is 32.2. The van der Waals surface area contributed by atoms with Crippen molar-refractivity contribution in [3.05, 3.63) is 29.6 Å². The second-order valence-electron chi connectivity index (χ2n) is 3.73. The molecule has 0 bridgehead atoms. The molecule has 0 fully saturated rings. The number of pyridine rings is 1. The minimum Gasteiger partial charge on any atom is -0.292 e. The molecule has 100 valence electrons. The van der Waals surface area contributed by atoms with Crippen LogP contribution in [0.2, 0.25) is 0 Å². The van der Waals surface area contributed by atoms with Crippen LogP contribution < -0.4 is 0 Å². The third-order valence-corrected chi connectivity index (χ3v) is 3.02. The van der Waals surface area contributed by atoms with Gasteiger partial charge in [0.15, 0.2) is 5.78 Å². The van der Waals surface area contributed by atoms with Crippen LogP contribution >= 0.6 is 0 Å². The Morgan fingerprint density at radius 2 is 1.94 bits per heavy atom. The zero-order valence-corrected chi connectivity index (χ0v) is 10.2. The molecule has 0 aromatic carbocycles. The Morgan fingerprint density at radius 3 is 2.33 bits per heavy atom. The molecule has 0 amide bonds. The standard InChI is InChI=1S/C10H10F3NO3S/c1-18(16,17)5-4-9(15)8-3-2-7(6-14-8)10(11,12)13/h2-3,6H,4-5H2,1H3. The minimum atomic E-state index is -4.51. The van der Waals surface area contributed by atoms with Crippen molar-refractivity contribution in [1.82, 2.24) is 4.98 Å². The van der Waals surface area contributed by atoms with Crippen molar-refractivity contribution in [2.24, 2.45) is 0 Å². The highest BCUT2D eigenvalue weighted by Gasteiger charge is 2.30. The molecule has 4 nitrogen and oxygen atoms in total. The number of hydrogen-bond donors (Lipinski definition) is 0. The third kappa shape index (κ3) is 4.44. The highest BCUT2D eigenvalue weighted by molar-refractivity contribution is 7.90. The molecule has 0 spiro atoms. The smallest absolute Gasteiger partial charge is 0.292 e. The fourth-order valence-corrected chi connectivity index (χ4v) is 1.69. The Hall–Kier alpha value is -1.44. The Labute approximate surface area is 102 Å². The van der Waals surface area contributed by atoms with E-state index in [9.17, 15) is 26.4 Å². The van der Waals surface area contributed by atoms with E-state index in [-0.39, 0.29) is 17.9 Å². The normalized spacial score (nSPS) is 12.4. The average molecular weight is 281 g/mol. The molecule has 1 rings (SSSR count). The molecule has 0 aliphatic carbocycles. The minimum absolute atomic E-state index is 0.174. The maximum absolute atomic E-state index is 12.2. The monoisotopic (exact) mass is 281 g/mol. The van der Waals surface area contributed by atoms with E-state index in [1.54, 1.807) is 0 Å². The van der Waals surface area contributed by atoms with Crippen LogP contribution in [0.4, 0.5) is 13.2 Å². The molecule has 0 saturated carbocycles. The van der Waals surface area contributed by atoms with E-state index in [1.807, 2.05) is 0 Å². The van der Waals surface area contributed by atoms with Gasteiger partial charge in [0, 0.05) is 18.9 Å². The molecule has 0 unspecified atom stereocenters. The van der Waals surface area contributed by atoms with Gasteiger partial charge in [-0.05, 0) is 12.1 Å². The Kier molecular flexibility index (Phi) is 4.10. The summed E-state index contributed by atoms with van der Waals surface area (Å²) in [6, 6.07) is 1.67. The van der Waals surface area contributed by atoms with Crippen molar-refractivity contribution in [3.8, 4) is 0 Å². The molecule has 1 heterocycles. The first-order valence-corrected chi connectivity index (χ1v) is 6.90. The van der Waals surface area contributed by atoms with Gasteiger partial charge in [0.1, 0.15) is 15.5 Å². The van der Waals surface area contributed by atoms with E-state index >= 15 is 0 Å². The predicted octanol–water partition coefficient (Wildman–Crippen LogP) is 1.72. The largest absolute Gasteiger partial charge is 0.417 e. The fourth-order valence-electron chi connectivity index (χ4n) is 1.13. The number of aromatic nitrogens is 1. The van der Waals surface area contributed by atoms with E-state index in [0.717, 1.165) is 18.4 Å². The van der Waals surface area contributed by atoms with Crippen molar-refractivity contribution in [2.45, 2.75) is 12.6 Å². The molecular weight excluding hydrogens is 271 g/mol. The Bertz CT molecular complexity index is 534. The number of carbonyl (C=O) groups is 1. The van der Waals surface area contributed by atoms with Crippen molar-refractivity contribution >= 4 is 15.6 Å². The van der Waals surface area contributed by atoms with E-state index in [0.29, 0.717) is 6.20 Å². The second-order valence-corrected chi connectivity index (χ2v) is 5.99. The van der Waals surface area contributed by atoms with Gasteiger partial charge in [-0.3, -0.25) is 9.78 Å². The lowest BCUT2D eigenvalue weighted by molar-refractivity contribution is -0.137. The van der Waals surface area contributed by atoms with Crippen molar-refractivity contribution < 1.29 is 26.4 Å². The van der Waals surface area contributed by atoms with Gasteiger partial charge >= 0.3 is 6.18 Å². The lowest BCUT2D eigenvalue weighted by atomic mass is 10.2. The summed E-state index contributed by atoms with van der Waals surface area (Å²) in [7, 11) is -3.29. The number of hydrogen-bond acceptors (Lipinski definition) is 4. The number of Topliss-reactive ketones (excluding diaryl/α,β-unsaturated/α-hetero) is 1. The van der Waals surface area contributed by atoms with Crippen molar-refractivity contribution in [2.75, 3.05) is 12.0 Å². The quantitative estimate of drug-likeness (QED) is 0.788. The molecule has 8 heteroatoms. The van der Waals surface area contributed by atoms with Gasteiger partial charge in [-0.25, -0.2) is 8.42 Å². The first-order chi connectivity index (χ1) is 8.09. The van der Waals surface area contributed by atoms with Crippen LogP contribution in [0.1, 0.15) is 22.5 Å². The molecular formula is C10H10F3NO3S. The highest BCUT2D eigenvalue weighted by Crippen LogP contribution is 2.28. The number of alkyl halides is 3. The molecule has 1 aromatic rings. The first-order valence-electron chi connectivity index (χ1n) is 4.84. The van der Waals surface area contributed by atoms with Crippen LogP contribution in [0.25, 0.3) is 0 Å². The van der Waals surface area contributed by atoms with Crippen LogP contribution in [0.15, 0.2) is 18.3 Å². The molecule has 0 aliphatic heterocycles. The molecule has 1 aromatic heterocycles. The summed E-state index contributed by atoms with van der Waals surface area (Å²) in [5, 5.41) is 0. The number of carbonyl (C=O) groups excluding carboxylic acids is 1. The van der Waals surface area contributed by atoms with Gasteiger partial charge in [-0.15, -0.1) is 0 Å². The molecule has 0 saturated heterocycles. The summed E-state index contributed by atoms with van der Waals surface area (Å²) in [6.07, 6.45) is -3.29. The second kappa shape index (κ2) is 5.05. The molecule has 18 heavy (non-hydrogen) atoms. The van der Waals surface area contributed by atoms with Gasteiger partial charge in [0.25, 0.3) is 0 Å². The maximum atomic E-state index is 12.2. The molecule has 0 radical (unpaired) electrons. The number of ketones is 1. The molecule has 0 atom stereocenters. The molecule has 0 N–H and O–H groups in total. The van der Waals surface area contributed by atoms with E-state index in [2.05, 4.69) is 4.98 Å². The zero-order valence-electron chi connectivity index (χ0n) is 9.36.